The van der Waals surface area contributed by atoms with E-state index in [0.717, 1.165) is 45.3 Å². The van der Waals surface area contributed by atoms with Crippen LogP contribution in [0.15, 0.2) is 0 Å². The summed E-state index contributed by atoms with van der Waals surface area (Å²) in [6, 6.07) is 1.33. The van der Waals surface area contributed by atoms with Gasteiger partial charge < -0.3 is 19.9 Å². The van der Waals surface area contributed by atoms with Crippen LogP contribution in [-0.4, -0.2) is 66.3 Å². The van der Waals surface area contributed by atoms with Crippen molar-refractivity contribution in [3.05, 3.63) is 0 Å². The summed E-state index contributed by atoms with van der Waals surface area (Å²) in [4.78, 5) is 16.6. The van der Waals surface area contributed by atoms with Gasteiger partial charge in [-0.1, -0.05) is 0 Å². The molecule has 0 aromatic rings. The Labute approximate surface area is 149 Å². The molecule has 5 nitrogen and oxygen atoms in total. The second-order valence-corrected chi connectivity index (χ2v) is 8.49. The largest absolute Gasteiger partial charge is 0.444 e. The van der Waals surface area contributed by atoms with E-state index in [2.05, 4.69) is 38.0 Å². The molecule has 5 heteroatoms. The van der Waals surface area contributed by atoms with Crippen molar-refractivity contribution >= 4 is 6.09 Å². The van der Waals surface area contributed by atoms with Crippen LogP contribution in [0.2, 0.25) is 0 Å². The first-order chi connectivity index (χ1) is 11.1. The molecule has 1 aliphatic heterocycles. The second-order valence-electron chi connectivity index (χ2n) is 8.49. The lowest BCUT2D eigenvalue weighted by Crippen LogP contribution is -2.42. The smallest absolute Gasteiger partial charge is 0.410 e. The third-order valence-electron chi connectivity index (χ3n) is 4.69. The van der Waals surface area contributed by atoms with Crippen LogP contribution < -0.4 is 5.32 Å². The molecule has 0 aromatic carbocycles. The van der Waals surface area contributed by atoms with Crippen LogP contribution in [0.1, 0.15) is 67.2 Å². The van der Waals surface area contributed by atoms with Gasteiger partial charge in [-0.25, -0.2) is 4.79 Å². The van der Waals surface area contributed by atoms with Gasteiger partial charge in [0.05, 0.1) is 0 Å². The van der Waals surface area contributed by atoms with Gasteiger partial charge in [-0.15, -0.1) is 0 Å². The Morgan fingerprint density at radius 1 is 1.33 bits per heavy atom. The molecule has 2 unspecified atom stereocenters. The van der Waals surface area contributed by atoms with Crippen molar-refractivity contribution in [2.24, 2.45) is 0 Å². The molecule has 1 aliphatic rings. The van der Waals surface area contributed by atoms with Crippen molar-refractivity contribution in [3.63, 3.8) is 0 Å². The van der Waals surface area contributed by atoms with Crippen LogP contribution in [0.25, 0.3) is 0 Å². The molecular formula is C19H39N3O2. The SMILES string of the molecule is CC(CC1CCCN1C(=O)OC(C)(C)C)NCCCN(C)C(C)C. The first kappa shape index (κ1) is 21.2. The van der Waals surface area contributed by atoms with E-state index in [0.29, 0.717) is 18.1 Å². The summed E-state index contributed by atoms with van der Waals surface area (Å²) < 4.78 is 5.54. The van der Waals surface area contributed by atoms with Crippen LogP contribution in [0, 0.1) is 0 Å². The predicted molar refractivity (Wildman–Crippen MR) is 100 cm³/mol. The van der Waals surface area contributed by atoms with E-state index >= 15 is 0 Å². The summed E-state index contributed by atoms with van der Waals surface area (Å²) in [6.07, 6.45) is 4.16. The molecule has 2 atom stereocenters. The number of carbonyl (C=O) groups excluding carboxylic acids is 1. The van der Waals surface area contributed by atoms with Gasteiger partial charge in [-0.3, -0.25) is 0 Å². The minimum atomic E-state index is -0.420. The van der Waals surface area contributed by atoms with Crippen molar-refractivity contribution < 1.29 is 9.53 Å². The molecule has 0 spiro atoms. The Hall–Kier alpha value is -0.810. The van der Waals surface area contributed by atoms with E-state index in [1.807, 2.05) is 25.7 Å². The topological polar surface area (TPSA) is 44.8 Å². The fraction of sp³-hybridized carbons (Fsp3) is 0.947. The number of nitrogens with zero attached hydrogens (tertiary/aromatic N) is 2. The lowest BCUT2D eigenvalue weighted by atomic mass is 10.1. The zero-order chi connectivity index (χ0) is 18.3. The summed E-state index contributed by atoms with van der Waals surface area (Å²) in [5.74, 6) is 0. The number of likely N-dealkylation sites (tertiary alicyclic amines) is 1. The molecule has 24 heavy (non-hydrogen) atoms. The maximum atomic E-state index is 12.3. The minimum absolute atomic E-state index is 0.157. The lowest BCUT2D eigenvalue weighted by Gasteiger charge is -2.30. The standard InChI is InChI=1S/C19H39N3O2/c1-15(2)21(7)12-9-11-20-16(3)14-17-10-8-13-22(17)18(23)24-19(4,5)6/h15-17,20H,8-14H2,1-7H3. The van der Waals surface area contributed by atoms with E-state index in [-0.39, 0.29) is 6.09 Å². The van der Waals surface area contributed by atoms with Crippen LogP contribution in [0.4, 0.5) is 4.79 Å². The Morgan fingerprint density at radius 3 is 2.58 bits per heavy atom. The maximum absolute atomic E-state index is 12.3. The molecule has 0 saturated carbocycles. The number of hydrogen-bond donors (Lipinski definition) is 1. The number of carbonyl (C=O) groups is 1. The molecule has 0 aliphatic carbocycles. The Kier molecular flexibility index (Phi) is 8.51. The average Bonchev–Trinajstić information content (AvgIpc) is 2.89. The van der Waals surface area contributed by atoms with E-state index in [9.17, 15) is 4.79 Å². The Bertz CT molecular complexity index is 379. The summed E-state index contributed by atoms with van der Waals surface area (Å²) in [5, 5.41) is 3.61. The van der Waals surface area contributed by atoms with E-state index in [4.69, 9.17) is 4.74 Å². The average molecular weight is 342 g/mol. The molecule has 142 valence electrons. The summed E-state index contributed by atoms with van der Waals surface area (Å²) >= 11 is 0. The van der Waals surface area contributed by atoms with E-state index in [1.165, 1.54) is 0 Å². The van der Waals surface area contributed by atoms with Gasteiger partial charge in [-0.05, 0) is 87.4 Å². The molecular weight excluding hydrogens is 302 g/mol. The molecule has 1 rings (SSSR count). The van der Waals surface area contributed by atoms with Gasteiger partial charge in [0.2, 0.25) is 0 Å². The molecule has 0 aromatic heterocycles. The highest BCUT2D eigenvalue weighted by atomic mass is 16.6. The van der Waals surface area contributed by atoms with Crippen molar-refractivity contribution in [1.82, 2.24) is 15.1 Å². The van der Waals surface area contributed by atoms with Crippen LogP contribution in [-0.2, 0) is 4.74 Å². The van der Waals surface area contributed by atoms with Gasteiger partial charge >= 0.3 is 6.09 Å². The number of amides is 1. The monoisotopic (exact) mass is 341 g/mol. The van der Waals surface area contributed by atoms with Gasteiger partial charge in [0.1, 0.15) is 5.60 Å². The number of rotatable bonds is 8. The highest BCUT2D eigenvalue weighted by molar-refractivity contribution is 5.68. The summed E-state index contributed by atoms with van der Waals surface area (Å²) in [7, 11) is 2.17. The van der Waals surface area contributed by atoms with Crippen molar-refractivity contribution in [3.8, 4) is 0 Å². The van der Waals surface area contributed by atoms with E-state index < -0.39 is 5.60 Å². The number of ether oxygens (including phenoxy) is 1. The second kappa shape index (κ2) is 9.62. The van der Waals surface area contributed by atoms with Crippen LogP contribution in [0.3, 0.4) is 0 Å². The first-order valence-corrected chi connectivity index (χ1v) is 9.53. The summed E-state index contributed by atoms with van der Waals surface area (Å²) in [6.45, 7) is 15.4. The molecule has 0 bridgehead atoms. The Balaban J connectivity index is 2.32. The van der Waals surface area contributed by atoms with Gasteiger partial charge in [-0.2, -0.15) is 0 Å². The minimum Gasteiger partial charge on any atom is -0.444 e. The molecule has 0 radical (unpaired) electrons. The van der Waals surface area contributed by atoms with Crippen molar-refractivity contribution in [1.29, 1.82) is 0 Å². The number of hydrogen-bond acceptors (Lipinski definition) is 4. The molecule has 1 N–H and O–H groups in total. The molecule has 1 amide bonds. The normalized spacial score (nSPS) is 20.0. The van der Waals surface area contributed by atoms with Crippen molar-refractivity contribution in [2.45, 2.75) is 91.0 Å². The molecule has 1 saturated heterocycles. The van der Waals surface area contributed by atoms with Crippen LogP contribution >= 0.6 is 0 Å². The molecule has 1 fully saturated rings. The van der Waals surface area contributed by atoms with Gasteiger partial charge in [0.25, 0.3) is 0 Å². The molecule has 1 heterocycles. The lowest BCUT2D eigenvalue weighted by molar-refractivity contribution is 0.0214. The quantitative estimate of drug-likeness (QED) is 0.687. The van der Waals surface area contributed by atoms with Crippen LogP contribution in [0.5, 0.6) is 0 Å². The highest BCUT2D eigenvalue weighted by Crippen LogP contribution is 2.24. The third kappa shape index (κ3) is 7.84. The predicted octanol–water partition coefficient (Wildman–Crippen LogP) is 3.48. The van der Waals surface area contributed by atoms with Gasteiger partial charge in [0, 0.05) is 24.7 Å². The summed E-state index contributed by atoms with van der Waals surface area (Å²) in [5.41, 5.74) is -0.420. The van der Waals surface area contributed by atoms with E-state index in [1.54, 1.807) is 0 Å². The number of nitrogens with one attached hydrogen (secondary N) is 1. The maximum Gasteiger partial charge on any atom is 0.410 e. The fourth-order valence-corrected chi connectivity index (χ4v) is 3.07. The fourth-order valence-electron chi connectivity index (χ4n) is 3.07. The van der Waals surface area contributed by atoms with Gasteiger partial charge in [0.15, 0.2) is 0 Å². The zero-order valence-electron chi connectivity index (χ0n) is 16.9. The van der Waals surface area contributed by atoms with Crippen molar-refractivity contribution in [2.75, 3.05) is 26.7 Å². The third-order valence-corrected chi connectivity index (χ3v) is 4.69. The zero-order valence-corrected chi connectivity index (χ0v) is 16.9. The highest BCUT2D eigenvalue weighted by Gasteiger charge is 2.32. The first-order valence-electron chi connectivity index (χ1n) is 9.53. The Morgan fingerprint density at radius 2 is 2.00 bits per heavy atom.